The molecule has 1 aromatic heterocycles. The van der Waals surface area contributed by atoms with Crippen LogP contribution in [-0.4, -0.2) is 25.4 Å². The van der Waals surface area contributed by atoms with Gasteiger partial charge in [0.15, 0.2) is 0 Å². The predicted molar refractivity (Wildman–Crippen MR) is 50.8 cm³/mol. The maximum absolute atomic E-state index is 5.83. The second-order valence-electron chi connectivity index (χ2n) is 3.59. The lowest BCUT2D eigenvalue weighted by Gasteiger charge is -2.31. The van der Waals surface area contributed by atoms with Crippen LogP contribution < -0.4 is 5.73 Å². The molecule has 1 aromatic rings. The quantitative estimate of drug-likeness (QED) is 0.784. The molecule has 78 valence electrons. The van der Waals surface area contributed by atoms with Crippen molar-refractivity contribution < 1.29 is 13.9 Å². The summed E-state index contributed by atoms with van der Waals surface area (Å²) in [5, 5.41) is 0. The normalized spacial score (nSPS) is 21.6. The lowest BCUT2D eigenvalue weighted by Crippen LogP contribution is -2.40. The zero-order chi connectivity index (χ0) is 9.97. The van der Waals surface area contributed by atoms with Gasteiger partial charge in [0.05, 0.1) is 19.5 Å². The van der Waals surface area contributed by atoms with Crippen molar-refractivity contribution in [2.24, 2.45) is 5.73 Å². The van der Waals surface area contributed by atoms with E-state index in [0.717, 1.165) is 5.76 Å². The van der Waals surface area contributed by atoms with Crippen LogP contribution in [0.5, 0.6) is 0 Å². The van der Waals surface area contributed by atoms with Crippen LogP contribution in [0, 0.1) is 0 Å². The van der Waals surface area contributed by atoms with Gasteiger partial charge in [-0.2, -0.15) is 0 Å². The van der Waals surface area contributed by atoms with Crippen LogP contribution >= 0.6 is 0 Å². The molecule has 0 radical (unpaired) electrons. The molecule has 14 heavy (non-hydrogen) atoms. The van der Waals surface area contributed by atoms with Crippen molar-refractivity contribution in [1.82, 2.24) is 0 Å². The SMILES string of the molecule is CC(N)C(OC1COC1)c1ccco1. The maximum atomic E-state index is 5.83. The van der Waals surface area contributed by atoms with E-state index in [1.165, 1.54) is 0 Å². The minimum atomic E-state index is -0.168. The fraction of sp³-hybridized carbons (Fsp3) is 0.600. The topological polar surface area (TPSA) is 57.6 Å². The van der Waals surface area contributed by atoms with Gasteiger partial charge in [-0.1, -0.05) is 0 Å². The summed E-state index contributed by atoms with van der Waals surface area (Å²) in [5.41, 5.74) is 5.83. The Morgan fingerprint density at radius 1 is 1.57 bits per heavy atom. The van der Waals surface area contributed by atoms with Gasteiger partial charge in [0.1, 0.15) is 18.0 Å². The second-order valence-corrected chi connectivity index (χ2v) is 3.59. The van der Waals surface area contributed by atoms with Crippen molar-refractivity contribution in [2.75, 3.05) is 13.2 Å². The average molecular weight is 197 g/mol. The van der Waals surface area contributed by atoms with Crippen LogP contribution in [0.1, 0.15) is 18.8 Å². The van der Waals surface area contributed by atoms with E-state index in [2.05, 4.69) is 0 Å². The van der Waals surface area contributed by atoms with Gasteiger partial charge >= 0.3 is 0 Å². The van der Waals surface area contributed by atoms with E-state index in [9.17, 15) is 0 Å². The standard InChI is InChI=1S/C10H15NO3/c1-7(11)10(9-3-2-4-13-9)14-8-5-12-6-8/h2-4,7-8,10H,5-6,11H2,1H3. The predicted octanol–water partition coefficient (Wildman–Crippen LogP) is 1.08. The molecule has 2 rings (SSSR count). The average Bonchev–Trinajstić information content (AvgIpc) is 2.53. The summed E-state index contributed by atoms with van der Waals surface area (Å²) in [7, 11) is 0. The lowest BCUT2D eigenvalue weighted by atomic mass is 10.1. The molecule has 0 amide bonds. The molecule has 2 N–H and O–H groups in total. The number of ether oxygens (including phenoxy) is 2. The zero-order valence-corrected chi connectivity index (χ0v) is 8.18. The molecular weight excluding hydrogens is 182 g/mol. The molecule has 0 aromatic carbocycles. The Balaban J connectivity index is 2.00. The number of hydrogen-bond acceptors (Lipinski definition) is 4. The molecule has 2 atom stereocenters. The fourth-order valence-corrected chi connectivity index (χ4v) is 1.40. The summed E-state index contributed by atoms with van der Waals surface area (Å²) >= 11 is 0. The van der Waals surface area contributed by atoms with Crippen molar-refractivity contribution in [2.45, 2.75) is 25.2 Å². The van der Waals surface area contributed by atoms with Gasteiger partial charge in [0.2, 0.25) is 0 Å². The van der Waals surface area contributed by atoms with E-state index in [0.29, 0.717) is 13.2 Å². The molecule has 4 heteroatoms. The first-order valence-electron chi connectivity index (χ1n) is 4.79. The Labute approximate surface area is 83.0 Å². The first-order valence-corrected chi connectivity index (χ1v) is 4.79. The summed E-state index contributed by atoms with van der Waals surface area (Å²) in [5.74, 6) is 0.784. The van der Waals surface area contributed by atoms with Crippen LogP contribution in [0.4, 0.5) is 0 Å². The van der Waals surface area contributed by atoms with Crippen molar-refractivity contribution >= 4 is 0 Å². The summed E-state index contributed by atoms with van der Waals surface area (Å²) in [6.07, 6.45) is 1.63. The summed E-state index contributed by atoms with van der Waals surface area (Å²) in [4.78, 5) is 0. The van der Waals surface area contributed by atoms with Crippen molar-refractivity contribution in [1.29, 1.82) is 0 Å². The highest BCUT2D eigenvalue weighted by molar-refractivity contribution is 5.04. The van der Waals surface area contributed by atoms with E-state index in [1.54, 1.807) is 6.26 Å². The van der Waals surface area contributed by atoms with Crippen LogP contribution in [0.3, 0.4) is 0 Å². The van der Waals surface area contributed by atoms with Crippen LogP contribution in [0.15, 0.2) is 22.8 Å². The van der Waals surface area contributed by atoms with Crippen LogP contribution in [0.25, 0.3) is 0 Å². The summed E-state index contributed by atoms with van der Waals surface area (Å²) in [6.45, 7) is 3.22. The van der Waals surface area contributed by atoms with Gasteiger partial charge in [-0.15, -0.1) is 0 Å². The third-order valence-electron chi connectivity index (χ3n) is 2.25. The highest BCUT2D eigenvalue weighted by atomic mass is 16.6. The van der Waals surface area contributed by atoms with E-state index in [1.807, 2.05) is 19.1 Å². The number of rotatable bonds is 4. The number of nitrogens with two attached hydrogens (primary N) is 1. The van der Waals surface area contributed by atoms with Gasteiger partial charge in [-0.25, -0.2) is 0 Å². The van der Waals surface area contributed by atoms with Crippen LogP contribution in [-0.2, 0) is 9.47 Å². The number of hydrogen-bond donors (Lipinski definition) is 1. The molecule has 1 saturated heterocycles. The Morgan fingerprint density at radius 2 is 2.36 bits per heavy atom. The van der Waals surface area contributed by atoms with E-state index in [-0.39, 0.29) is 18.2 Å². The molecular formula is C10H15NO3. The Morgan fingerprint density at radius 3 is 2.79 bits per heavy atom. The molecule has 0 aliphatic carbocycles. The largest absolute Gasteiger partial charge is 0.467 e. The molecule has 1 aliphatic heterocycles. The molecule has 1 fully saturated rings. The van der Waals surface area contributed by atoms with E-state index >= 15 is 0 Å². The van der Waals surface area contributed by atoms with Gasteiger partial charge in [0, 0.05) is 6.04 Å². The molecule has 4 nitrogen and oxygen atoms in total. The monoisotopic (exact) mass is 197 g/mol. The maximum Gasteiger partial charge on any atom is 0.134 e. The Bertz CT molecular complexity index is 267. The van der Waals surface area contributed by atoms with Gasteiger partial charge in [0.25, 0.3) is 0 Å². The Hall–Kier alpha value is -0.840. The van der Waals surface area contributed by atoms with E-state index in [4.69, 9.17) is 19.6 Å². The smallest absolute Gasteiger partial charge is 0.134 e. The van der Waals surface area contributed by atoms with Gasteiger partial charge < -0.3 is 19.6 Å². The van der Waals surface area contributed by atoms with Gasteiger partial charge in [-0.3, -0.25) is 0 Å². The third kappa shape index (κ3) is 1.97. The zero-order valence-electron chi connectivity index (χ0n) is 8.18. The molecule has 2 unspecified atom stereocenters. The van der Waals surface area contributed by atoms with E-state index < -0.39 is 0 Å². The molecule has 0 spiro atoms. The minimum absolute atomic E-state index is 0.0817. The number of furan rings is 1. The fourth-order valence-electron chi connectivity index (χ4n) is 1.40. The Kier molecular flexibility index (Phi) is 2.86. The third-order valence-corrected chi connectivity index (χ3v) is 2.25. The minimum Gasteiger partial charge on any atom is -0.467 e. The van der Waals surface area contributed by atoms with Gasteiger partial charge in [-0.05, 0) is 19.1 Å². The van der Waals surface area contributed by atoms with Crippen molar-refractivity contribution in [3.63, 3.8) is 0 Å². The molecule has 0 bridgehead atoms. The van der Waals surface area contributed by atoms with Crippen molar-refractivity contribution in [3.05, 3.63) is 24.2 Å². The lowest BCUT2D eigenvalue weighted by molar-refractivity contribution is -0.163. The molecule has 1 aliphatic rings. The first-order chi connectivity index (χ1) is 6.77. The summed E-state index contributed by atoms with van der Waals surface area (Å²) < 4.78 is 16.1. The highest BCUT2D eigenvalue weighted by Gasteiger charge is 2.28. The second kappa shape index (κ2) is 4.13. The first kappa shape index (κ1) is 9.71. The molecule has 0 saturated carbocycles. The molecule has 2 heterocycles. The summed E-state index contributed by atoms with van der Waals surface area (Å²) in [6, 6.07) is 3.64. The van der Waals surface area contributed by atoms with Crippen molar-refractivity contribution in [3.8, 4) is 0 Å². The highest BCUT2D eigenvalue weighted by Crippen LogP contribution is 2.24. The van der Waals surface area contributed by atoms with Crippen LogP contribution in [0.2, 0.25) is 0 Å².